The van der Waals surface area contributed by atoms with Crippen LogP contribution >= 0.6 is 0 Å². The van der Waals surface area contributed by atoms with Crippen LogP contribution in [0.15, 0.2) is 24.3 Å². The molecule has 2 N–H and O–H groups in total. The van der Waals surface area contributed by atoms with Gasteiger partial charge in [-0.1, -0.05) is 12.0 Å². The fourth-order valence-electron chi connectivity index (χ4n) is 1.23. The Kier molecular flexibility index (Phi) is 3.67. The number of amides is 2. The van der Waals surface area contributed by atoms with E-state index in [4.69, 9.17) is 12.2 Å². The Hall–Kier alpha value is -2.28. The Bertz CT molecular complexity index is 460. The SMILES string of the molecule is C#CCN(C)C(=O)c1cccc(C(N)=O)c1. The van der Waals surface area contributed by atoms with Gasteiger partial charge in [0.1, 0.15) is 0 Å². The lowest BCUT2D eigenvalue weighted by Crippen LogP contribution is -2.27. The molecule has 0 aliphatic rings. The smallest absolute Gasteiger partial charge is 0.254 e. The second-order valence-electron chi connectivity index (χ2n) is 3.31. The molecular weight excluding hydrogens is 204 g/mol. The Balaban J connectivity index is 2.97. The van der Waals surface area contributed by atoms with E-state index in [2.05, 4.69) is 5.92 Å². The van der Waals surface area contributed by atoms with Crippen LogP contribution in [-0.4, -0.2) is 30.3 Å². The van der Waals surface area contributed by atoms with Crippen molar-refractivity contribution in [3.63, 3.8) is 0 Å². The number of rotatable bonds is 3. The third-order valence-corrected chi connectivity index (χ3v) is 2.07. The van der Waals surface area contributed by atoms with Gasteiger partial charge >= 0.3 is 0 Å². The van der Waals surface area contributed by atoms with Crippen molar-refractivity contribution < 1.29 is 9.59 Å². The molecule has 1 aromatic rings. The summed E-state index contributed by atoms with van der Waals surface area (Å²) in [4.78, 5) is 24.1. The molecule has 82 valence electrons. The average Bonchev–Trinajstić information content (AvgIpc) is 2.28. The van der Waals surface area contributed by atoms with E-state index in [1.54, 1.807) is 25.2 Å². The van der Waals surface area contributed by atoms with Gasteiger partial charge in [0.2, 0.25) is 5.91 Å². The van der Waals surface area contributed by atoms with E-state index in [0.29, 0.717) is 11.1 Å². The Morgan fingerprint density at radius 1 is 1.44 bits per heavy atom. The number of nitrogens with two attached hydrogens (primary N) is 1. The minimum atomic E-state index is -0.561. The van der Waals surface area contributed by atoms with Gasteiger partial charge in [0.25, 0.3) is 5.91 Å². The van der Waals surface area contributed by atoms with Crippen molar-refractivity contribution in [1.82, 2.24) is 4.90 Å². The fraction of sp³-hybridized carbons (Fsp3) is 0.167. The molecule has 0 aliphatic heterocycles. The zero-order valence-corrected chi connectivity index (χ0v) is 8.93. The second kappa shape index (κ2) is 4.99. The van der Waals surface area contributed by atoms with Crippen LogP contribution in [0.25, 0.3) is 0 Å². The average molecular weight is 216 g/mol. The molecule has 4 nitrogen and oxygen atoms in total. The van der Waals surface area contributed by atoms with Crippen molar-refractivity contribution in [3.05, 3.63) is 35.4 Å². The van der Waals surface area contributed by atoms with E-state index in [-0.39, 0.29) is 12.5 Å². The lowest BCUT2D eigenvalue weighted by Gasteiger charge is -2.13. The van der Waals surface area contributed by atoms with Crippen LogP contribution in [-0.2, 0) is 0 Å². The highest BCUT2D eigenvalue weighted by molar-refractivity contribution is 5.99. The molecule has 0 fully saturated rings. The zero-order valence-electron chi connectivity index (χ0n) is 8.93. The molecule has 0 aromatic heterocycles. The predicted molar refractivity (Wildman–Crippen MR) is 60.8 cm³/mol. The van der Waals surface area contributed by atoms with Crippen LogP contribution in [0.1, 0.15) is 20.7 Å². The summed E-state index contributed by atoms with van der Waals surface area (Å²) < 4.78 is 0. The van der Waals surface area contributed by atoms with Gasteiger partial charge in [-0.05, 0) is 18.2 Å². The minimum absolute atomic E-state index is 0.222. The number of hydrogen-bond donors (Lipinski definition) is 1. The molecule has 0 radical (unpaired) electrons. The van der Waals surface area contributed by atoms with Crippen LogP contribution < -0.4 is 5.73 Å². The van der Waals surface area contributed by atoms with Gasteiger partial charge in [-0.25, -0.2) is 0 Å². The summed E-state index contributed by atoms with van der Waals surface area (Å²) in [6, 6.07) is 6.23. The van der Waals surface area contributed by atoms with E-state index in [1.807, 2.05) is 0 Å². The van der Waals surface area contributed by atoms with E-state index in [9.17, 15) is 9.59 Å². The monoisotopic (exact) mass is 216 g/mol. The van der Waals surface area contributed by atoms with Gasteiger partial charge in [-0.2, -0.15) is 0 Å². The molecule has 1 rings (SSSR count). The third kappa shape index (κ3) is 2.61. The summed E-state index contributed by atoms with van der Waals surface area (Å²) in [7, 11) is 1.60. The van der Waals surface area contributed by atoms with Gasteiger partial charge in [0.15, 0.2) is 0 Å². The summed E-state index contributed by atoms with van der Waals surface area (Å²) in [5.41, 5.74) is 5.82. The normalized spacial score (nSPS) is 9.25. The van der Waals surface area contributed by atoms with Crippen LogP contribution in [0.3, 0.4) is 0 Å². The molecule has 1 aromatic carbocycles. The van der Waals surface area contributed by atoms with Crippen molar-refractivity contribution in [1.29, 1.82) is 0 Å². The molecule has 0 atom stereocenters. The van der Waals surface area contributed by atoms with Gasteiger partial charge in [-0.3, -0.25) is 9.59 Å². The minimum Gasteiger partial charge on any atom is -0.366 e. The van der Waals surface area contributed by atoms with Crippen LogP contribution in [0.2, 0.25) is 0 Å². The molecule has 0 saturated carbocycles. The number of carbonyl (C=O) groups excluding carboxylic acids is 2. The number of carbonyl (C=O) groups is 2. The van der Waals surface area contributed by atoms with Crippen LogP contribution in [0.5, 0.6) is 0 Å². The van der Waals surface area contributed by atoms with Crippen molar-refractivity contribution >= 4 is 11.8 Å². The number of hydrogen-bond acceptors (Lipinski definition) is 2. The number of nitrogens with zero attached hydrogens (tertiary/aromatic N) is 1. The maximum absolute atomic E-state index is 11.8. The first kappa shape index (κ1) is 11.8. The number of primary amides is 1. The Labute approximate surface area is 94.0 Å². The van der Waals surface area contributed by atoms with Gasteiger partial charge in [0, 0.05) is 18.2 Å². The van der Waals surface area contributed by atoms with E-state index in [0.717, 1.165) is 0 Å². The maximum atomic E-state index is 11.8. The summed E-state index contributed by atoms with van der Waals surface area (Å²) >= 11 is 0. The van der Waals surface area contributed by atoms with Gasteiger partial charge < -0.3 is 10.6 Å². The van der Waals surface area contributed by atoms with Crippen molar-refractivity contribution in [2.24, 2.45) is 5.73 Å². The molecule has 0 unspecified atom stereocenters. The van der Waals surface area contributed by atoms with E-state index in [1.165, 1.54) is 11.0 Å². The summed E-state index contributed by atoms with van der Waals surface area (Å²) in [5.74, 6) is 1.57. The topological polar surface area (TPSA) is 63.4 Å². The first-order valence-electron chi connectivity index (χ1n) is 4.65. The molecule has 0 bridgehead atoms. The lowest BCUT2D eigenvalue weighted by molar-refractivity contribution is 0.0812. The first-order valence-corrected chi connectivity index (χ1v) is 4.65. The molecule has 4 heteroatoms. The Morgan fingerprint density at radius 2 is 2.06 bits per heavy atom. The van der Waals surface area contributed by atoms with E-state index < -0.39 is 5.91 Å². The van der Waals surface area contributed by atoms with Crippen molar-refractivity contribution in [3.8, 4) is 12.3 Å². The molecule has 0 spiro atoms. The van der Waals surface area contributed by atoms with Crippen molar-refractivity contribution in [2.45, 2.75) is 0 Å². The van der Waals surface area contributed by atoms with Crippen LogP contribution in [0.4, 0.5) is 0 Å². The summed E-state index contributed by atoms with van der Waals surface area (Å²) in [6.07, 6.45) is 5.11. The van der Waals surface area contributed by atoms with E-state index >= 15 is 0 Å². The molecule has 2 amide bonds. The summed E-state index contributed by atoms with van der Waals surface area (Å²) in [6.45, 7) is 0.222. The number of benzene rings is 1. The quantitative estimate of drug-likeness (QED) is 0.747. The fourth-order valence-corrected chi connectivity index (χ4v) is 1.23. The first-order chi connectivity index (χ1) is 7.56. The highest BCUT2D eigenvalue weighted by Gasteiger charge is 2.11. The number of terminal acetylenes is 1. The Morgan fingerprint density at radius 3 is 2.62 bits per heavy atom. The molecule has 0 aliphatic carbocycles. The standard InChI is InChI=1S/C12H12N2O2/c1-3-7-14(2)12(16)10-6-4-5-9(8-10)11(13)15/h1,4-6,8H,7H2,2H3,(H2,13,15). The van der Waals surface area contributed by atoms with Crippen molar-refractivity contribution in [2.75, 3.05) is 13.6 Å². The summed E-state index contributed by atoms with van der Waals surface area (Å²) in [5, 5.41) is 0. The largest absolute Gasteiger partial charge is 0.366 e. The highest BCUT2D eigenvalue weighted by Crippen LogP contribution is 2.07. The van der Waals surface area contributed by atoms with Gasteiger partial charge in [0.05, 0.1) is 6.54 Å². The lowest BCUT2D eigenvalue weighted by atomic mass is 10.1. The zero-order chi connectivity index (χ0) is 12.1. The maximum Gasteiger partial charge on any atom is 0.254 e. The predicted octanol–water partition coefficient (Wildman–Crippen LogP) is 0.491. The second-order valence-corrected chi connectivity index (χ2v) is 3.31. The highest BCUT2D eigenvalue weighted by atomic mass is 16.2. The molecular formula is C12H12N2O2. The molecule has 0 heterocycles. The molecule has 0 saturated heterocycles. The van der Waals surface area contributed by atoms with Gasteiger partial charge in [-0.15, -0.1) is 6.42 Å². The molecule has 16 heavy (non-hydrogen) atoms. The van der Waals surface area contributed by atoms with Crippen LogP contribution in [0, 0.1) is 12.3 Å². The third-order valence-electron chi connectivity index (χ3n) is 2.07.